The average Bonchev–Trinajstić information content (AvgIpc) is 3.03. The molecule has 1 heterocycles. The van der Waals surface area contributed by atoms with Crippen molar-refractivity contribution in [2.24, 2.45) is 0 Å². The summed E-state index contributed by atoms with van der Waals surface area (Å²) in [5.41, 5.74) is 5.37. The Bertz CT molecular complexity index is 786. The summed E-state index contributed by atoms with van der Waals surface area (Å²) < 4.78 is 16.3. The summed E-state index contributed by atoms with van der Waals surface area (Å²) in [5, 5.41) is 3.94. The van der Waals surface area contributed by atoms with Crippen LogP contribution in [0.1, 0.15) is 22.6 Å². The molecule has 0 radical (unpaired) electrons. The minimum atomic E-state index is 0.350. The molecule has 0 aliphatic carbocycles. The van der Waals surface area contributed by atoms with E-state index in [1.165, 1.54) is 11.1 Å². The molecule has 1 aromatic heterocycles. The summed E-state index contributed by atoms with van der Waals surface area (Å²) in [6, 6.07) is 16.5. The molecule has 0 amide bonds. The molecule has 3 aromatic rings. The normalized spacial score (nSPS) is 10.8. The van der Waals surface area contributed by atoms with E-state index in [9.17, 15) is 0 Å². The number of hydrogen-bond donors (Lipinski definition) is 0. The Morgan fingerprint density at radius 2 is 1.62 bits per heavy atom. The molecule has 0 saturated heterocycles. The first-order valence-electron chi connectivity index (χ1n) is 7.90. The molecule has 0 unspecified atom stereocenters. The van der Waals surface area contributed by atoms with Crippen molar-refractivity contribution in [1.29, 1.82) is 0 Å². The van der Waals surface area contributed by atoms with Crippen LogP contribution in [0.2, 0.25) is 0 Å². The third kappa shape index (κ3) is 3.66. The molecule has 0 spiro atoms. The Balaban J connectivity index is 1.76. The monoisotopic (exact) mass is 323 g/mol. The van der Waals surface area contributed by atoms with Gasteiger partial charge in [-0.15, -0.1) is 0 Å². The molecular formula is C20H21NO3. The van der Waals surface area contributed by atoms with Crippen LogP contribution in [0, 0.1) is 13.8 Å². The van der Waals surface area contributed by atoms with Crippen LogP contribution in [0.25, 0.3) is 11.1 Å². The Labute approximate surface area is 142 Å². The van der Waals surface area contributed by atoms with E-state index in [1.54, 1.807) is 7.11 Å². The molecule has 24 heavy (non-hydrogen) atoms. The molecule has 0 aliphatic rings. The molecule has 0 aliphatic heterocycles. The maximum absolute atomic E-state index is 5.96. The van der Waals surface area contributed by atoms with E-state index in [-0.39, 0.29) is 0 Å². The number of ether oxygens (including phenoxy) is 2. The molecule has 0 N–H and O–H groups in total. The number of aromatic nitrogens is 1. The maximum Gasteiger partial charge on any atom is 0.174 e. The second-order valence-corrected chi connectivity index (χ2v) is 5.81. The van der Waals surface area contributed by atoms with Gasteiger partial charge >= 0.3 is 0 Å². The third-order valence-electron chi connectivity index (χ3n) is 3.83. The fraction of sp³-hybridized carbons (Fsp3) is 0.250. The summed E-state index contributed by atoms with van der Waals surface area (Å²) in [7, 11) is 1.63. The van der Waals surface area contributed by atoms with Crippen LogP contribution in [0.3, 0.4) is 0 Å². The predicted octanol–water partition coefficient (Wildman–Crippen LogP) is 4.68. The van der Waals surface area contributed by atoms with Crippen molar-refractivity contribution in [2.45, 2.75) is 27.1 Å². The highest BCUT2D eigenvalue weighted by Gasteiger charge is 2.10. The quantitative estimate of drug-likeness (QED) is 0.660. The topological polar surface area (TPSA) is 44.5 Å². The summed E-state index contributed by atoms with van der Waals surface area (Å²) in [6.07, 6.45) is 0. The summed E-state index contributed by atoms with van der Waals surface area (Å²) in [5.74, 6) is 1.58. The van der Waals surface area contributed by atoms with Crippen molar-refractivity contribution in [3.8, 4) is 16.9 Å². The molecule has 0 saturated carbocycles. The van der Waals surface area contributed by atoms with Gasteiger partial charge in [0.25, 0.3) is 0 Å². The van der Waals surface area contributed by atoms with Gasteiger partial charge in [-0.05, 0) is 48.2 Å². The van der Waals surface area contributed by atoms with Crippen LogP contribution in [0.4, 0.5) is 0 Å². The number of aryl methyl sites for hydroxylation is 2. The lowest BCUT2D eigenvalue weighted by atomic mass is 10.00. The molecule has 2 aromatic carbocycles. The fourth-order valence-electron chi connectivity index (χ4n) is 2.76. The van der Waals surface area contributed by atoms with Crippen LogP contribution in [0.15, 0.2) is 53.1 Å². The van der Waals surface area contributed by atoms with Crippen molar-refractivity contribution in [1.82, 2.24) is 5.16 Å². The smallest absolute Gasteiger partial charge is 0.174 e. The second-order valence-electron chi connectivity index (χ2n) is 5.81. The van der Waals surface area contributed by atoms with E-state index in [2.05, 4.69) is 43.3 Å². The van der Waals surface area contributed by atoms with Gasteiger partial charge in [0.1, 0.15) is 18.1 Å². The third-order valence-corrected chi connectivity index (χ3v) is 3.83. The Morgan fingerprint density at radius 3 is 2.29 bits per heavy atom. The zero-order valence-corrected chi connectivity index (χ0v) is 14.2. The van der Waals surface area contributed by atoms with Gasteiger partial charge < -0.3 is 14.0 Å². The average molecular weight is 323 g/mol. The van der Waals surface area contributed by atoms with E-state index in [1.807, 2.05) is 24.3 Å². The van der Waals surface area contributed by atoms with Crippen LogP contribution in [0.5, 0.6) is 5.75 Å². The number of hydrogen-bond acceptors (Lipinski definition) is 4. The van der Waals surface area contributed by atoms with Crippen molar-refractivity contribution in [3.05, 3.63) is 71.1 Å². The van der Waals surface area contributed by atoms with Gasteiger partial charge in [-0.3, -0.25) is 0 Å². The van der Waals surface area contributed by atoms with Crippen LogP contribution in [-0.4, -0.2) is 12.3 Å². The number of benzene rings is 2. The van der Waals surface area contributed by atoms with E-state index in [0.717, 1.165) is 22.6 Å². The second kappa shape index (κ2) is 7.32. The van der Waals surface area contributed by atoms with E-state index < -0.39 is 0 Å². The Kier molecular flexibility index (Phi) is 4.96. The molecule has 124 valence electrons. The molecule has 0 bridgehead atoms. The standard InChI is InChI=1S/C20H21NO3/c1-14-9-17(16-7-5-4-6-8-16)10-15(2)20(14)23-13-19-11-18(12-22-3)21-24-19/h4-11H,12-13H2,1-3H3. The lowest BCUT2D eigenvalue weighted by Crippen LogP contribution is -1.98. The Hall–Kier alpha value is -2.59. The van der Waals surface area contributed by atoms with Crippen molar-refractivity contribution in [3.63, 3.8) is 0 Å². The molecule has 0 atom stereocenters. The number of nitrogens with zero attached hydrogens (tertiary/aromatic N) is 1. The molecule has 4 nitrogen and oxygen atoms in total. The van der Waals surface area contributed by atoms with Crippen LogP contribution < -0.4 is 4.74 Å². The van der Waals surface area contributed by atoms with Gasteiger partial charge in [0.05, 0.1) is 6.61 Å². The van der Waals surface area contributed by atoms with Gasteiger partial charge in [-0.2, -0.15) is 0 Å². The van der Waals surface area contributed by atoms with Crippen LogP contribution >= 0.6 is 0 Å². The van der Waals surface area contributed by atoms with Crippen molar-refractivity contribution < 1.29 is 14.0 Å². The number of methoxy groups -OCH3 is 1. The Morgan fingerprint density at radius 1 is 0.917 bits per heavy atom. The zero-order valence-electron chi connectivity index (χ0n) is 14.2. The predicted molar refractivity (Wildman–Crippen MR) is 92.9 cm³/mol. The van der Waals surface area contributed by atoms with Gasteiger partial charge in [0, 0.05) is 13.2 Å². The molecule has 0 fully saturated rings. The molecule has 3 rings (SSSR count). The zero-order chi connectivity index (χ0) is 16.9. The summed E-state index contributed by atoms with van der Waals surface area (Å²) in [6.45, 7) is 4.91. The summed E-state index contributed by atoms with van der Waals surface area (Å²) >= 11 is 0. The lowest BCUT2D eigenvalue weighted by Gasteiger charge is -2.13. The van der Waals surface area contributed by atoms with Gasteiger partial charge in [0.15, 0.2) is 5.76 Å². The largest absolute Gasteiger partial charge is 0.485 e. The minimum absolute atomic E-state index is 0.350. The number of rotatable bonds is 6. The molecular weight excluding hydrogens is 302 g/mol. The van der Waals surface area contributed by atoms with Gasteiger partial charge in [-0.1, -0.05) is 35.5 Å². The fourth-order valence-corrected chi connectivity index (χ4v) is 2.76. The van der Waals surface area contributed by atoms with E-state index in [0.29, 0.717) is 19.0 Å². The SMILES string of the molecule is COCc1cc(COc2c(C)cc(-c3ccccc3)cc2C)on1. The highest BCUT2D eigenvalue weighted by Crippen LogP contribution is 2.30. The van der Waals surface area contributed by atoms with Gasteiger partial charge in [0.2, 0.25) is 0 Å². The van der Waals surface area contributed by atoms with Crippen molar-refractivity contribution >= 4 is 0 Å². The van der Waals surface area contributed by atoms with E-state index >= 15 is 0 Å². The van der Waals surface area contributed by atoms with Crippen molar-refractivity contribution in [2.75, 3.05) is 7.11 Å². The highest BCUT2D eigenvalue weighted by molar-refractivity contribution is 5.67. The lowest BCUT2D eigenvalue weighted by molar-refractivity contribution is 0.176. The maximum atomic E-state index is 5.96. The van der Waals surface area contributed by atoms with Crippen LogP contribution in [-0.2, 0) is 18.0 Å². The minimum Gasteiger partial charge on any atom is -0.485 e. The van der Waals surface area contributed by atoms with E-state index in [4.69, 9.17) is 14.0 Å². The summed E-state index contributed by atoms with van der Waals surface area (Å²) in [4.78, 5) is 0. The first kappa shape index (κ1) is 16.3. The molecule has 4 heteroatoms. The first-order chi connectivity index (χ1) is 11.7. The first-order valence-corrected chi connectivity index (χ1v) is 7.90. The van der Waals surface area contributed by atoms with Gasteiger partial charge in [-0.25, -0.2) is 0 Å². The highest BCUT2D eigenvalue weighted by atomic mass is 16.5.